The molecule has 0 bridgehead atoms. The molecule has 2 rings (SSSR count). The van der Waals surface area contributed by atoms with Gasteiger partial charge in [-0.3, -0.25) is 9.59 Å². The number of amides is 2. The molecule has 2 amide bonds. The molecule has 0 saturated carbocycles. The lowest BCUT2D eigenvalue weighted by atomic mass is 9.98. The summed E-state index contributed by atoms with van der Waals surface area (Å²) in [6.07, 6.45) is 0.0735. The topological polar surface area (TPSA) is 100 Å². The molecule has 0 fully saturated rings. The number of pyridine rings is 1. The summed E-state index contributed by atoms with van der Waals surface area (Å²) in [7, 11) is 0. The van der Waals surface area contributed by atoms with E-state index in [2.05, 4.69) is 15.6 Å². The Bertz CT molecular complexity index is 927. The highest BCUT2D eigenvalue weighted by molar-refractivity contribution is 5.98. The van der Waals surface area contributed by atoms with Crippen LogP contribution >= 0.6 is 0 Å². The van der Waals surface area contributed by atoms with Crippen LogP contribution < -0.4 is 16.2 Å². The van der Waals surface area contributed by atoms with Crippen molar-refractivity contribution in [1.29, 1.82) is 0 Å². The first-order chi connectivity index (χ1) is 13.0. The number of hydrogen-bond donors (Lipinski definition) is 3. The maximum atomic E-state index is 12.8. The number of aromatic nitrogens is 1. The van der Waals surface area contributed by atoms with Crippen LogP contribution in [-0.4, -0.2) is 28.6 Å². The molecule has 2 unspecified atom stereocenters. The molecule has 0 spiro atoms. The maximum absolute atomic E-state index is 12.8. The molecule has 7 heteroatoms. The third-order valence-electron chi connectivity index (χ3n) is 4.47. The zero-order chi connectivity index (χ0) is 21.1. The Hall–Kier alpha value is -2.83. The fourth-order valence-electron chi connectivity index (χ4n) is 2.74. The molecule has 1 heterocycles. The number of H-pyrrole nitrogens is 1. The number of aromatic amines is 1. The Morgan fingerprint density at radius 1 is 1.21 bits per heavy atom. The van der Waals surface area contributed by atoms with Gasteiger partial charge in [0.2, 0.25) is 5.91 Å². The van der Waals surface area contributed by atoms with Crippen LogP contribution in [0.25, 0.3) is 10.9 Å². The second kappa shape index (κ2) is 8.46. The third kappa shape index (κ3) is 5.58. The molecule has 28 heavy (non-hydrogen) atoms. The smallest absolute Gasteiger partial charge is 0.408 e. The van der Waals surface area contributed by atoms with Crippen LogP contribution in [0, 0.1) is 12.8 Å². The molecular weight excluding hydrogens is 358 g/mol. The Morgan fingerprint density at radius 2 is 1.89 bits per heavy atom. The SMILES string of the molecule is CCC(C)C(NC(=O)OC(C)(C)C)C(=O)Nc1ccc2cc(C)c(=O)[nH]c2c1. The third-order valence-corrected chi connectivity index (χ3v) is 4.47. The van der Waals surface area contributed by atoms with Crippen molar-refractivity contribution in [1.82, 2.24) is 10.3 Å². The molecule has 0 saturated heterocycles. The van der Waals surface area contributed by atoms with Gasteiger partial charge in [0.15, 0.2) is 0 Å². The highest BCUT2D eigenvalue weighted by atomic mass is 16.6. The molecule has 2 aromatic rings. The molecule has 0 radical (unpaired) electrons. The average Bonchev–Trinajstić information content (AvgIpc) is 2.58. The second-order valence-corrected chi connectivity index (χ2v) is 8.08. The van der Waals surface area contributed by atoms with E-state index in [-0.39, 0.29) is 17.4 Å². The molecule has 0 aliphatic rings. The zero-order valence-corrected chi connectivity index (χ0v) is 17.3. The van der Waals surface area contributed by atoms with Crippen LogP contribution in [0.2, 0.25) is 0 Å². The number of carbonyl (C=O) groups is 2. The minimum atomic E-state index is -0.743. The Labute approximate surface area is 164 Å². The lowest BCUT2D eigenvalue weighted by Crippen LogP contribution is -2.49. The van der Waals surface area contributed by atoms with Gasteiger partial charge in [0.1, 0.15) is 11.6 Å². The normalized spacial score (nSPS) is 13.6. The van der Waals surface area contributed by atoms with E-state index in [1.165, 1.54) is 0 Å². The van der Waals surface area contributed by atoms with Crippen molar-refractivity contribution in [3.8, 4) is 0 Å². The van der Waals surface area contributed by atoms with Crippen molar-refractivity contribution in [3.63, 3.8) is 0 Å². The number of rotatable bonds is 5. The predicted molar refractivity (Wildman–Crippen MR) is 111 cm³/mol. The number of benzene rings is 1. The number of fused-ring (bicyclic) bond motifs is 1. The fourth-order valence-corrected chi connectivity index (χ4v) is 2.74. The van der Waals surface area contributed by atoms with Crippen molar-refractivity contribution >= 4 is 28.6 Å². The summed E-state index contributed by atoms with van der Waals surface area (Å²) < 4.78 is 5.28. The maximum Gasteiger partial charge on any atom is 0.408 e. The van der Waals surface area contributed by atoms with Gasteiger partial charge >= 0.3 is 6.09 Å². The van der Waals surface area contributed by atoms with E-state index in [9.17, 15) is 14.4 Å². The first-order valence-electron chi connectivity index (χ1n) is 9.44. The standard InChI is InChI=1S/C21H29N3O4/c1-7-12(2)17(24-20(27)28-21(4,5)6)19(26)22-15-9-8-14-10-13(3)18(25)23-16(14)11-15/h8-12,17H,7H2,1-6H3,(H,22,26)(H,23,25)(H,24,27). The van der Waals surface area contributed by atoms with Crippen LogP contribution in [0.4, 0.5) is 10.5 Å². The van der Waals surface area contributed by atoms with Crippen LogP contribution in [0.1, 0.15) is 46.6 Å². The fraction of sp³-hybridized carbons (Fsp3) is 0.476. The Morgan fingerprint density at radius 3 is 2.50 bits per heavy atom. The minimum Gasteiger partial charge on any atom is -0.444 e. The van der Waals surface area contributed by atoms with Crippen molar-refractivity contribution in [3.05, 3.63) is 40.2 Å². The van der Waals surface area contributed by atoms with Gasteiger partial charge in [0.05, 0.1) is 5.52 Å². The predicted octanol–water partition coefficient (Wildman–Crippen LogP) is 3.71. The molecule has 7 nitrogen and oxygen atoms in total. The van der Waals surface area contributed by atoms with E-state index in [0.29, 0.717) is 23.2 Å². The number of ether oxygens (including phenoxy) is 1. The monoisotopic (exact) mass is 387 g/mol. The summed E-state index contributed by atoms with van der Waals surface area (Å²) in [5, 5.41) is 6.36. The number of anilines is 1. The molecule has 1 aromatic carbocycles. The molecule has 0 aliphatic heterocycles. The summed E-state index contributed by atoms with van der Waals surface area (Å²) in [5.74, 6) is -0.426. The van der Waals surface area contributed by atoms with Crippen LogP contribution in [0.5, 0.6) is 0 Å². The lowest BCUT2D eigenvalue weighted by molar-refractivity contribution is -0.119. The molecule has 152 valence electrons. The van der Waals surface area contributed by atoms with Crippen LogP contribution in [-0.2, 0) is 9.53 Å². The molecule has 0 aliphatic carbocycles. The Balaban J connectivity index is 2.20. The molecule has 2 atom stereocenters. The van der Waals surface area contributed by atoms with Gasteiger partial charge in [-0.1, -0.05) is 26.3 Å². The highest BCUT2D eigenvalue weighted by Gasteiger charge is 2.28. The van der Waals surface area contributed by atoms with Crippen molar-refractivity contribution < 1.29 is 14.3 Å². The quantitative estimate of drug-likeness (QED) is 0.728. The summed E-state index contributed by atoms with van der Waals surface area (Å²) in [6, 6.07) is 6.35. The van der Waals surface area contributed by atoms with E-state index in [4.69, 9.17) is 4.74 Å². The van der Waals surface area contributed by atoms with Gasteiger partial charge < -0.3 is 20.4 Å². The van der Waals surface area contributed by atoms with Crippen molar-refractivity contribution in [2.75, 3.05) is 5.32 Å². The summed E-state index contributed by atoms with van der Waals surface area (Å²) in [4.78, 5) is 39.6. The van der Waals surface area contributed by atoms with E-state index in [1.54, 1.807) is 45.9 Å². The number of aryl methyl sites for hydroxylation is 1. The average molecular weight is 387 g/mol. The van der Waals surface area contributed by atoms with E-state index >= 15 is 0 Å². The minimum absolute atomic E-state index is 0.0876. The Kier molecular flexibility index (Phi) is 6.48. The highest BCUT2D eigenvalue weighted by Crippen LogP contribution is 2.19. The molecule has 1 aromatic heterocycles. The first kappa shape index (κ1) is 21.5. The molecular formula is C21H29N3O4. The number of carbonyl (C=O) groups excluding carboxylic acids is 2. The molecule has 3 N–H and O–H groups in total. The van der Waals surface area contributed by atoms with E-state index < -0.39 is 17.7 Å². The summed E-state index contributed by atoms with van der Waals surface area (Å²) in [6.45, 7) is 10.9. The van der Waals surface area contributed by atoms with Crippen molar-refractivity contribution in [2.24, 2.45) is 5.92 Å². The summed E-state index contributed by atoms with van der Waals surface area (Å²) >= 11 is 0. The number of alkyl carbamates (subject to hydrolysis) is 1. The second-order valence-electron chi connectivity index (χ2n) is 8.08. The number of nitrogens with one attached hydrogen (secondary N) is 3. The van der Waals surface area contributed by atoms with Gasteiger partial charge in [0, 0.05) is 11.3 Å². The van der Waals surface area contributed by atoms with Gasteiger partial charge in [-0.25, -0.2) is 4.79 Å². The lowest BCUT2D eigenvalue weighted by Gasteiger charge is -2.26. The van der Waals surface area contributed by atoms with Crippen LogP contribution in [0.15, 0.2) is 29.1 Å². The summed E-state index contributed by atoms with van der Waals surface area (Å²) in [5.41, 5.74) is 0.982. The first-order valence-corrected chi connectivity index (χ1v) is 9.44. The zero-order valence-electron chi connectivity index (χ0n) is 17.3. The van der Waals surface area contributed by atoms with Gasteiger partial charge in [0.25, 0.3) is 5.56 Å². The van der Waals surface area contributed by atoms with E-state index in [0.717, 1.165) is 5.39 Å². The van der Waals surface area contributed by atoms with Crippen LogP contribution in [0.3, 0.4) is 0 Å². The number of hydrogen-bond acceptors (Lipinski definition) is 4. The van der Waals surface area contributed by atoms with Gasteiger partial charge in [-0.05, 0) is 57.2 Å². The van der Waals surface area contributed by atoms with Gasteiger partial charge in [-0.15, -0.1) is 0 Å². The largest absolute Gasteiger partial charge is 0.444 e. The van der Waals surface area contributed by atoms with E-state index in [1.807, 2.05) is 19.9 Å². The van der Waals surface area contributed by atoms with Gasteiger partial charge in [-0.2, -0.15) is 0 Å². The van der Waals surface area contributed by atoms with Crippen molar-refractivity contribution in [2.45, 2.75) is 59.6 Å².